The average molecular weight is 274 g/mol. The van der Waals surface area contributed by atoms with E-state index in [1.54, 1.807) is 20.8 Å². The molecule has 0 fully saturated rings. The maximum atomic E-state index is 11.8. The van der Waals surface area contributed by atoms with Crippen LogP contribution in [0.3, 0.4) is 0 Å². The molecule has 0 aliphatic rings. The minimum Gasteiger partial charge on any atom is -0.389 e. The fraction of sp³-hybridized carbons (Fsp3) is 1.00. The average Bonchev–Trinajstić information content (AvgIpc) is 2.25. The highest BCUT2D eigenvalue weighted by Crippen LogP contribution is 2.41. The Balaban J connectivity index is 4.27. The summed E-state index contributed by atoms with van der Waals surface area (Å²) in [5.41, 5.74) is -1.27. The molecule has 0 aromatic rings. The molecule has 0 aromatic heterocycles. The summed E-state index contributed by atoms with van der Waals surface area (Å²) in [5, 5.41) is 9.17. The highest BCUT2D eigenvalue weighted by Gasteiger charge is 2.50. The molecule has 0 aliphatic heterocycles. The number of ether oxygens (including phenoxy) is 2. The van der Waals surface area contributed by atoms with Gasteiger partial charge in [0, 0.05) is 6.92 Å². The highest BCUT2D eigenvalue weighted by molar-refractivity contribution is 7.40. The van der Waals surface area contributed by atoms with Crippen LogP contribution in [-0.4, -0.2) is 42.4 Å². The molecule has 0 aromatic carbocycles. The number of rotatable bonds is 9. The Morgan fingerprint density at radius 2 is 1.88 bits per heavy atom. The van der Waals surface area contributed by atoms with E-state index in [9.17, 15) is 4.57 Å². The zero-order valence-corrected chi connectivity index (χ0v) is 11.5. The second-order valence-corrected chi connectivity index (χ2v) is 5.02. The summed E-state index contributed by atoms with van der Waals surface area (Å²) < 4.78 is 27.3. The van der Waals surface area contributed by atoms with Crippen LogP contribution in [0.25, 0.3) is 0 Å². The third-order valence-electron chi connectivity index (χ3n) is 1.72. The smallest absolute Gasteiger partial charge is 0.389 e. The number of hydrogen-bond acceptors (Lipinski definition) is 5. The summed E-state index contributed by atoms with van der Waals surface area (Å²) in [6.07, 6.45) is -0.840. The summed E-state index contributed by atoms with van der Waals surface area (Å²) >= 11 is 5.38. The second kappa shape index (κ2) is 8.34. The molecule has 0 radical (unpaired) electrons. The molecule has 0 saturated heterocycles. The van der Waals surface area contributed by atoms with E-state index in [1.807, 2.05) is 0 Å². The molecule has 16 heavy (non-hydrogen) atoms. The predicted octanol–water partition coefficient (Wildman–Crippen LogP) is 2.09. The van der Waals surface area contributed by atoms with Gasteiger partial charge in [0.2, 0.25) is 0 Å². The summed E-state index contributed by atoms with van der Waals surface area (Å²) in [7, 11) is -2.19. The standard InChI is InChI=1S/C9H19ClO5P/c1-4-13-9(3,14-5-2)16(12)15-7-8(11)6-10/h8,11H,4-7H2,1-3H3/q+1. The Labute approximate surface area is 102 Å². The van der Waals surface area contributed by atoms with Crippen molar-refractivity contribution in [3.8, 4) is 0 Å². The number of hydrogen-bond donors (Lipinski definition) is 1. The van der Waals surface area contributed by atoms with Crippen LogP contribution in [0.1, 0.15) is 20.8 Å². The van der Waals surface area contributed by atoms with Crippen molar-refractivity contribution < 1.29 is 23.7 Å². The van der Waals surface area contributed by atoms with Crippen molar-refractivity contribution in [2.75, 3.05) is 25.7 Å². The molecule has 2 unspecified atom stereocenters. The van der Waals surface area contributed by atoms with E-state index in [1.165, 1.54) is 0 Å². The number of aliphatic hydroxyl groups is 1. The molecular formula is C9H19ClO5P+. The highest BCUT2D eigenvalue weighted by atomic mass is 35.5. The maximum absolute atomic E-state index is 11.8. The summed E-state index contributed by atoms with van der Waals surface area (Å²) in [4.78, 5) is 0. The van der Waals surface area contributed by atoms with Crippen molar-refractivity contribution >= 4 is 19.6 Å². The van der Waals surface area contributed by atoms with Crippen LogP contribution >= 0.6 is 19.6 Å². The zero-order valence-electron chi connectivity index (χ0n) is 9.81. The van der Waals surface area contributed by atoms with Crippen LogP contribution in [0.2, 0.25) is 0 Å². The lowest BCUT2D eigenvalue weighted by atomic mass is 10.4. The lowest BCUT2D eigenvalue weighted by molar-refractivity contribution is -0.165. The molecule has 0 heterocycles. The Morgan fingerprint density at radius 3 is 2.25 bits per heavy atom. The largest absolute Gasteiger partial charge is 0.575 e. The van der Waals surface area contributed by atoms with Gasteiger partial charge in [0.15, 0.2) is 0 Å². The van der Waals surface area contributed by atoms with Gasteiger partial charge in [0.05, 0.1) is 25.2 Å². The minimum absolute atomic E-state index is 0.0309. The zero-order chi connectivity index (χ0) is 12.6. The van der Waals surface area contributed by atoms with Gasteiger partial charge in [-0.2, -0.15) is 0 Å². The number of alkyl halides is 1. The molecule has 96 valence electrons. The van der Waals surface area contributed by atoms with Gasteiger partial charge < -0.3 is 14.6 Å². The Kier molecular flexibility index (Phi) is 8.46. The van der Waals surface area contributed by atoms with Gasteiger partial charge in [-0.1, -0.05) is 0 Å². The summed E-state index contributed by atoms with van der Waals surface area (Å²) in [5.74, 6) is 0.0309. The normalized spacial score (nSPS) is 14.9. The Hall–Kier alpha value is 0.230. The van der Waals surface area contributed by atoms with Gasteiger partial charge in [0.1, 0.15) is 6.61 Å². The number of halogens is 1. The van der Waals surface area contributed by atoms with Crippen LogP contribution in [0.5, 0.6) is 0 Å². The van der Waals surface area contributed by atoms with E-state index < -0.39 is 19.7 Å². The van der Waals surface area contributed by atoms with Crippen LogP contribution in [0.15, 0.2) is 0 Å². The van der Waals surface area contributed by atoms with Crippen molar-refractivity contribution in [3.05, 3.63) is 0 Å². The topological polar surface area (TPSA) is 65.0 Å². The van der Waals surface area contributed by atoms with Gasteiger partial charge in [-0.15, -0.1) is 16.1 Å². The molecule has 0 saturated carbocycles. The first kappa shape index (κ1) is 16.2. The predicted molar refractivity (Wildman–Crippen MR) is 61.9 cm³/mol. The van der Waals surface area contributed by atoms with Gasteiger partial charge in [-0.3, -0.25) is 0 Å². The van der Waals surface area contributed by atoms with Gasteiger partial charge in [-0.25, -0.2) is 0 Å². The molecule has 1 N–H and O–H groups in total. The second-order valence-electron chi connectivity index (χ2n) is 3.12. The fourth-order valence-electron chi connectivity index (χ4n) is 0.998. The van der Waals surface area contributed by atoms with E-state index in [0.717, 1.165) is 0 Å². The molecule has 2 atom stereocenters. The maximum Gasteiger partial charge on any atom is 0.575 e. The SMILES string of the molecule is CCOC(C)(OCC)[P+](=O)OCC(O)CCl. The Morgan fingerprint density at radius 1 is 1.38 bits per heavy atom. The van der Waals surface area contributed by atoms with Crippen LogP contribution in [0.4, 0.5) is 0 Å². The van der Waals surface area contributed by atoms with Crippen LogP contribution in [0, 0.1) is 0 Å². The summed E-state index contributed by atoms with van der Waals surface area (Å²) in [6, 6.07) is 0. The third kappa shape index (κ3) is 5.53. The lowest BCUT2D eigenvalue weighted by Crippen LogP contribution is -2.30. The van der Waals surface area contributed by atoms with Crippen LogP contribution in [-0.2, 0) is 18.6 Å². The molecule has 0 bridgehead atoms. The molecule has 0 rings (SSSR count). The monoisotopic (exact) mass is 273 g/mol. The first-order valence-corrected chi connectivity index (χ1v) is 6.83. The minimum atomic E-state index is -2.19. The van der Waals surface area contributed by atoms with Crippen molar-refractivity contribution in [2.24, 2.45) is 0 Å². The quantitative estimate of drug-likeness (QED) is 0.396. The van der Waals surface area contributed by atoms with Gasteiger partial charge in [-0.05, 0) is 18.4 Å². The molecule has 0 amide bonds. The molecule has 5 nitrogen and oxygen atoms in total. The van der Waals surface area contributed by atoms with Crippen molar-refractivity contribution in [3.63, 3.8) is 0 Å². The van der Waals surface area contributed by atoms with Crippen molar-refractivity contribution in [2.45, 2.75) is 32.4 Å². The summed E-state index contributed by atoms with van der Waals surface area (Å²) in [6.45, 7) is 5.71. The molecule has 0 aliphatic carbocycles. The van der Waals surface area contributed by atoms with E-state index in [2.05, 4.69) is 0 Å². The van der Waals surface area contributed by atoms with E-state index in [0.29, 0.717) is 13.2 Å². The third-order valence-corrected chi connectivity index (χ3v) is 3.38. The molecule has 7 heteroatoms. The van der Waals surface area contributed by atoms with Gasteiger partial charge in [0.25, 0.3) is 0 Å². The van der Waals surface area contributed by atoms with E-state index in [-0.39, 0.29) is 12.5 Å². The van der Waals surface area contributed by atoms with E-state index in [4.69, 9.17) is 30.7 Å². The Bertz CT molecular complexity index is 208. The first-order chi connectivity index (χ1) is 7.50. The lowest BCUT2D eigenvalue weighted by Gasteiger charge is -2.17. The van der Waals surface area contributed by atoms with Crippen molar-refractivity contribution in [1.82, 2.24) is 0 Å². The van der Waals surface area contributed by atoms with Crippen LogP contribution < -0.4 is 0 Å². The van der Waals surface area contributed by atoms with Gasteiger partial charge >= 0.3 is 13.6 Å². The fourth-order valence-corrected chi connectivity index (χ4v) is 2.10. The van der Waals surface area contributed by atoms with E-state index >= 15 is 0 Å². The van der Waals surface area contributed by atoms with Crippen molar-refractivity contribution in [1.29, 1.82) is 0 Å². The number of aliphatic hydroxyl groups excluding tert-OH is 1. The first-order valence-electron chi connectivity index (χ1n) is 5.12. The molecule has 0 spiro atoms. The molecular weight excluding hydrogens is 255 g/mol.